The van der Waals surface area contributed by atoms with Crippen LogP contribution in [0.5, 0.6) is 11.6 Å². The van der Waals surface area contributed by atoms with Crippen LogP contribution in [-0.2, 0) is 0 Å². The van der Waals surface area contributed by atoms with Gasteiger partial charge in [-0.25, -0.2) is 9.97 Å². The third-order valence-electron chi connectivity index (χ3n) is 4.72. The van der Waals surface area contributed by atoms with Crippen molar-refractivity contribution in [3.05, 3.63) is 72.2 Å². The summed E-state index contributed by atoms with van der Waals surface area (Å²) in [5.74, 6) is 1.19. The number of ether oxygens (including phenoxy) is 1. The first-order chi connectivity index (χ1) is 13.7. The van der Waals surface area contributed by atoms with Crippen molar-refractivity contribution in [1.29, 1.82) is 0 Å². The zero-order valence-corrected chi connectivity index (χ0v) is 15.7. The Bertz CT molecular complexity index is 947. The zero-order chi connectivity index (χ0) is 19.3. The van der Waals surface area contributed by atoms with Crippen molar-refractivity contribution >= 4 is 5.91 Å². The molecule has 28 heavy (non-hydrogen) atoms. The first-order valence-corrected chi connectivity index (χ1v) is 9.32. The van der Waals surface area contributed by atoms with Crippen LogP contribution >= 0.6 is 0 Å². The Labute approximate surface area is 163 Å². The number of piperidine rings is 1. The number of rotatable bonds is 4. The molecule has 0 aliphatic carbocycles. The van der Waals surface area contributed by atoms with E-state index in [1.54, 1.807) is 18.6 Å². The molecule has 4 rings (SSSR count). The van der Waals surface area contributed by atoms with Crippen molar-refractivity contribution in [2.45, 2.75) is 25.7 Å². The van der Waals surface area contributed by atoms with Crippen LogP contribution in [0.1, 0.15) is 40.6 Å². The van der Waals surface area contributed by atoms with Gasteiger partial charge in [0.05, 0.1) is 23.8 Å². The van der Waals surface area contributed by atoms with Crippen LogP contribution in [0.3, 0.4) is 0 Å². The van der Waals surface area contributed by atoms with E-state index in [2.05, 4.69) is 19.9 Å². The van der Waals surface area contributed by atoms with Crippen LogP contribution in [0.25, 0.3) is 0 Å². The van der Waals surface area contributed by atoms with Crippen LogP contribution in [0.2, 0.25) is 0 Å². The van der Waals surface area contributed by atoms with Gasteiger partial charge in [0, 0.05) is 31.4 Å². The Hall–Kier alpha value is -3.35. The quantitative estimate of drug-likeness (QED) is 0.695. The number of aryl methyl sites for hydroxylation is 1. The molecule has 0 spiro atoms. The van der Waals surface area contributed by atoms with Crippen LogP contribution < -0.4 is 4.74 Å². The Balaban J connectivity index is 1.48. The summed E-state index contributed by atoms with van der Waals surface area (Å²) in [5, 5.41) is 0. The number of para-hydroxylation sites is 1. The largest absolute Gasteiger partial charge is 0.437 e. The average molecular weight is 375 g/mol. The van der Waals surface area contributed by atoms with Gasteiger partial charge in [0.15, 0.2) is 0 Å². The lowest BCUT2D eigenvalue weighted by Crippen LogP contribution is -2.39. The van der Waals surface area contributed by atoms with Gasteiger partial charge in [-0.15, -0.1) is 0 Å². The van der Waals surface area contributed by atoms with Crippen molar-refractivity contribution in [3.8, 4) is 11.6 Å². The van der Waals surface area contributed by atoms with Crippen molar-refractivity contribution in [2.24, 2.45) is 0 Å². The number of nitrogens with zero attached hydrogens (tertiary/aromatic N) is 5. The smallest absolute Gasteiger partial charge is 0.274 e. The molecule has 3 heterocycles. The molecule has 2 aromatic heterocycles. The maximum atomic E-state index is 12.8. The van der Waals surface area contributed by atoms with Gasteiger partial charge in [-0.1, -0.05) is 18.2 Å². The highest BCUT2D eigenvalue weighted by molar-refractivity contribution is 5.92. The molecule has 0 N–H and O–H groups in total. The van der Waals surface area contributed by atoms with E-state index in [0.717, 1.165) is 24.2 Å². The van der Waals surface area contributed by atoms with Gasteiger partial charge in [-0.05, 0) is 31.9 Å². The molecule has 1 atom stereocenters. The molecule has 3 aromatic rings. The van der Waals surface area contributed by atoms with Gasteiger partial charge in [0.25, 0.3) is 5.91 Å². The van der Waals surface area contributed by atoms with Crippen molar-refractivity contribution in [3.63, 3.8) is 0 Å². The van der Waals surface area contributed by atoms with Crippen LogP contribution in [0, 0.1) is 6.92 Å². The van der Waals surface area contributed by atoms with E-state index in [-0.39, 0.29) is 11.8 Å². The fourth-order valence-corrected chi connectivity index (χ4v) is 3.29. The minimum Gasteiger partial charge on any atom is -0.437 e. The summed E-state index contributed by atoms with van der Waals surface area (Å²) in [5.41, 5.74) is 2.00. The summed E-state index contributed by atoms with van der Waals surface area (Å²) < 4.78 is 5.79. The molecule has 7 nitrogen and oxygen atoms in total. The van der Waals surface area contributed by atoms with Crippen LogP contribution in [0.4, 0.5) is 0 Å². The lowest BCUT2D eigenvalue weighted by atomic mass is 9.95. The number of benzene rings is 1. The highest BCUT2D eigenvalue weighted by Gasteiger charge is 2.27. The number of carbonyl (C=O) groups excluding carboxylic acids is 1. The topological polar surface area (TPSA) is 81.1 Å². The van der Waals surface area contributed by atoms with E-state index in [0.29, 0.717) is 30.4 Å². The maximum Gasteiger partial charge on any atom is 0.274 e. The molecular weight excluding hydrogens is 354 g/mol. The Kier molecular flexibility index (Phi) is 5.23. The second-order valence-electron chi connectivity index (χ2n) is 6.83. The third-order valence-corrected chi connectivity index (χ3v) is 4.72. The number of hydrogen-bond acceptors (Lipinski definition) is 6. The van der Waals surface area contributed by atoms with Crippen LogP contribution in [-0.4, -0.2) is 43.8 Å². The minimum atomic E-state index is -0.0955. The summed E-state index contributed by atoms with van der Waals surface area (Å²) in [4.78, 5) is 31.9. The molecule has 1 aromatic carbocycles. The Morgan fingerprint density at radius 1 is 1.11 bits per heavy atom. The highest BCUT2D eigenvalue weighted by atomic mass is 16.5. The average Bonchev–Trinajstić information content (AvgIpc) is 2.75. The van der Waals surface area contributed by atoms with Crippen molar-refractivity contribution < 1.29 is 9.53 Å². The number of aromatic nitrogens is 4. The molecule has 1 aliphatic heterocycles. The molecular formula is C21H21N5O2. The van der Waals surface area contributed by atoms with Gasteiger partial charge < -0.3 is 9.64 Å². The summed E-state index contributed by atoms with van der Waals surface area (Å²) in [6.07, 6.45) is 8.36. The van der Waals surface area contributed by atoms with Crippen molar-refractivity contribution in [2.75, 3.05) is 13.1 Å². The first kappa shape index (κ1) is 18.0. The second kappa shape index (κ2) is 8.12. The highest BCUT2D eigenvalue weighted by Crippen LogP contribution is 2.28. The number of hydrogen-bond donors (Lipinski definition) is 0. The molecule has 0 bridgehead atoms. The molecule has 0 radical (unpaired) electrons. The number of amides is 1. The standard InChI is InChI=1S/C21H21N5O2/c1-15-10-24-19(12-23-15)21(27)26-9-5-6-16(14-26)18-11-22-13-20(25-18)28-17-7-3-2-4-8-17/h2-4,7-8,10-13,16H,5-6,9,14H2,1H3. The van der Waals surface area contributed by atoms with E-state index in [9.17, 15) is 4.79 Å². The number of likely N-dealkylation sites (tertiary alicyclic amines) is 1. The summed E-state index contributed by atoms with van der Waals surface area (Å²) >= 11 is 0. The normalized spacial score (nSPS) is 16.6. The Morgan fingerprint density at radius 2 is 1.96 bits per heavy atom. The van der Waals surface area contributed by atoms with Gasteiger partial charge in [-0.3, -0.25) is 14.8 Å². The molecule has 1 fully saturated rings. The predicted octanol–water partition coefficient (Wildman–Crippen LogP) is 3.39. The minimum absolute atomic E-state index is 0.0955. The molecule has 1 aliphatic rings. The van der Waals surface area contributed by atoms with Gasteiger partial charge >= 0.3 is 0 Å². The van der Waals surface area contributed by atoms with E-state index in [1.807, 2.05) is 42.2 Å². The maximum absolute atomic E-state index is 12.8. The van der Waals surface area contributed by atoms with E-state index in [1.165, 1.54) is 6.20 Å². The second-order valence-corrected chi connectivity index (χ2v) is 6.83. The lowest BCUT2D eigenvalue weighted by molar-refractivity contribution is 0.0699. The number of carbonyl (C=O) groups is 1. The summed E-state index contributed by atoms with van der Waals surface area (Å²) in [6.45, 7) is 3.14. The summed E-state index contributed by atoms with van der Waals surface area (Å²) in [7, 11) is 0. The fourth-order valence-electron chi connectivity index (χ4n) is 3.29. The third kappa shape index (κ3) is 4.14. The molecule has 0 saturated carbocycles. The molecule has 7 heteroatoms. The zero-order valence-electron chi connectivity index (χ0n) is 15.7. The monoisotopic (exact) mass is 375 g/mol. The van der Waals surface area contributed by atoms with E-state index >= 15 is 0 Å². The molecule has 1 unspecified atom stereocenters. The van der Waals surface area contributed by atoms with Crippen molar-refractivity contribution in [1.82, 2.24) is 24.8 Å². The SMILES string of the molecule is Cc1cnc(C(=O)N2CCCC(c3cncc(Oc4ccccc4)n3)C2)cn1. The van der Waals surface area contributed by atoms with E-state index < -0.39 is 0 Å². The molecule has 142 valence electrons. The lowest BCUT2D eigenvalue weighted by Gasteiger charge is -2.32. The van der Waals surface area contributed by atoms with E-state index in [4.69, 9.17) is 4.74 Å². The van der Waals surface area contributed by atoms with Crippen LogP contribution in [0.15, 0.2) is 55.1 Å². The van der Waals surface area contributed by atoms with Gasteiger partial charge in [0.1, 0.15) is 11.4 Å². The molecule has 1 saturated heterocycles. The molecule has 1 amide bonds. The van der Waals surface area contributed by atoms with Gasteiger partial charge in [0.2, 0.25) is 5.88 Å². The first-order valence-electron chi connectivity index (χ1n) is 9.32. The predicted molar refractivity (Wildman–Crippen MR) is 103 cm³/mol. The fraction of sp³-hybridized carbons (Fsp3) is 0.286. The van der Waals surface area contributed by atoms with Gasteiger partial charge in [-0.2, -0.15) is 0 Å². The Morgan fingerprint density at radius 3 is 2.75 bits per heavy atom. The summed E-state index contributed by atoms with van der Waals surface area (Å²) in [6, 6.07) is 9.49.